The van der Waals surface area contributed by atoms with Crippen molar-refractivity contribution in [2.75, 3.05) is 19.8 Å². The number of ether oxygens (including phenoxy) is 1. The Morgan fingerprint density at radius 1 is 1.23 bits per heavy atom. The molecule has 1 heterocycles. The Bertz CT molecular complexity index is 127. The molecule has 2 heteroatoms. The van der Waals surface area contributed by atoms with Gasteiger partial charge in [-0.05, 0) is 13.0 Å². The molecule has 2 nitrogen and oxygen atoms in total. The molecular formula is C11H23NO. The van der Waals surface area contributed by atoms with E-state index in [0.717, 1.165) is 19.8 Å². The molecule has 0 aromatic carbocycles. The second kappa shape index (κ2) is 6.39. The predicted octanol–water partition coefficient (Wildman–Crippen LogP) is 2.64. The van der Waals surface area contributed by atoms with Crippen LogP contribution in [0.25, 0.3) is 0 Å². The number of nitrogens with zero attached hydrogens (tertiary/aromatic N) is 1. The molecule has 1 aliphatic heterocycles. The fourth-order valence-electron chi connectivity index (χ4n) is 1.80. The molecule has 0 N–H and O–H groups in total. The van der Waals surface area contributed by atoms with E-state index in [0.29, 0.717) is 6.10 Å². The van der Waals surface area contributed by atoms with Gasteiger partial charge in [0, 0.05) is 6.54 Å². The van der Waals surface area contributed by atoms with E-state index in [4.69, 9.17) is 4.74 Å². The molecule has 1 atom stereocenters. The van der Waals surface area contributed by atoms with E-state index in [-0.39, 0.29) is 0 Å². The predicted molar refractivity (Wildman–Crippen MR) is 55.7 cm³/mol. The van der Waals surface area contributed by atoms with Crippen molar-refractivity contribution in [3.05, 3.63) is 0 Å². The minimum atomic E-state index is 0.525. The zero-order valence-corrected chi connectivity index (χ0v) is 9.09. The first-order valence-electron chi connectivity index (χ1n) is 5.70. The Labute approximate surface area is 82.3 Å². The summed E-state index contributed by atoms with van der Waals surface area (Å²) in [6.45, 7) is 7.59. The maximum Gasteiger partial charge on any atom is 0.0995 e. The van der Waals surface area contributed by atoms with Crippen molar-refractivity contribution in [3.8, 4) is 0 Å². The lowest BCUT2D eigenvalue weighted by Crippen LogP contribution is -2.21. The van der Waals surface area contributed by atoms with Gasteiger partial charge in [0.25, 0.3) is 0 Å². The minimum absolute atomic E-state index is 0.525. The zero-order chi connectivity index (χ0) is 9.52. The van der Waals surface area contributed by atoms with Crippen LogP contribution in [0.1, 0.15) is 46.0 Å². The molecule has 0 bridgehead atoms. The molecular weight excluding hydrogens is 162 g/mol. The second-order valence-corrected chi connectivity index (χ2v) is 3.94. The first-order chi connectivity index (χ1) is 6.36. The molecule has 1 fully saturated rings. The lowest BCUT2D eigenvalue weighted by Gasteiger charge is -2.09. The summed E-state index contributed by atoms with van der Waals surface area (Å²) >= 11 is 0. The summed E-state index contributed by atoms with van der Waals surface area (Å²) in [5, 5.41) is 0. The van der Waals surface area contributed by atoms with Gasteiger partial charge >= 0.3 is 0 Å². The van der Waals surface area contributed by atoms with E-state index < -0.39 is 0 Å². The highest BCUT2D eigenvalue weighted by Crippen LogP contribution is 2.14. The fraction of sp³-hybridized carbons (Fsp3) is 1.00. The molecule has 1 rings (SSSR count). The average molecular weight is 185 g/mol. The summed E-state index contributed by atoms with van der Waals surface area (Å²) in [6.07, 6.45) is 7.21. The molecule has 0 aliphatic carbocycles. The van der Waals surface area contributed by atoms with Crippen molar-refractivity contribution in [2.24, 2.45) is 0 Å². The summed E-state index contributed by atoms with van der Waals surface area (Å²) in [4.78, 5) is 2.37. The van der Waals surface area contributed by atoms with Crippen LogP contribution in [-0.4, -0.2) is 30.8 Å². The van der Waals surface area contributed by atoms with Gasteiger partial charge in [-0.15, -0.1) is 0 Å². The van der Waals surface area contributed by atoms with Crippen LogP contribution >= 0.6 is 0 Å². The molecule has 1 unspecified atom stereocenters. The van der Waals surface area contributed by atoms with E-state index in [1.807, 2.05) is 0 Å². The zero-order valence-electron chi connectivity index (χ0n) is 9.09. The van der Waals surface area contributed by atoms with Gasteiger partial charge in [-0.2, -0.15) is 0 Å². The highest BCUT2D eigenvalue weighted by molar-refractivity contribution is 4.69. The number of likely N-dealkylation sites (N-methyl/N-ethyl adjacent to an activating group) is 1. The van der Waals surface area contributed by atoms with Gasteiger partial charge in [0.05, 0.1) is 12.8 Å². The molecule has 0 spiro atoms. The van der Waals surface area contributed by atoms with E-state index in [9.17, 15) is 0 Å². The Morgan fingerprint density at radius 2 is 2.08 bits per heavy atom. The van der Waals surface area contributed by atoms with Crippen molar-refractivity contribution >= 4 is 0 Å². The van der Waals surface area contributed by atoms with Crippen molar-refractivity contribution in [3.63, 3.8) is 0 Å². The monoisotopic (exact) mass is 185 g/mol. The number of hydrogen-bond acceptors (Lipinski definition) is 2. The maximum absolute atomic E-state index is 5.66. The summed E-state index contributed by atoms with van der Waals surface area (Å²) in [7, 11) is 0. The van der Waals surface area contributed by atoms with Crippen LogP contribution in [0.4, 0.5) is 0 Å². The standard InChI is InChI=1S/C11H23NO/c1-3-5-6-7-8-11-9-12(4-2)10-13-11/h11H,3-10H2,1-2H3. The Morgan fingerprint density at radius 3 is 2.69 bits per heavy atom. The van der Waals surface area contributed by atoms with Crippen LogP contribution in [0.5, 0.6) is 0 Å². The third kappa shape index (κ3) is 4.10. The Kier molecular flexibility index (Phi) is 5.40. The molecule has 0 radical (unpaired) electrons. The third-order valence-electron chi connectivity index (χ3n) is 2.78. The molecule has 1 saturated heterocycles. The average Bonchev–Trinajstić information content (AvgIpc) is 2.60. The van der Waals surface area contributed by atoms with Gasteiger partial charge in [0.15, 0.2) is 0 Å². The van der Waals surface area contributed by atoms with Gasteiger partial charge in [-0.3, -0.25) is 4.90 Å². The van der Waals surface area contributed by atoms with Crippen LogP contribution < -0.4 is 0 Å². The van der Waals surface area contributed by atoms with Crippen molar-refractivity contribution in [2.45, 2.75) is 52.1 Å². The highest BCUT2D eigenvalue weighted by Gasteiger charge is 2.20. The van der Waals surface area contributed by atoms with Gasteiger partial charge in [-0.25, -0.2) is 0 Å². The van der Waals surface area contributed by atoms with Gasteiger partial charge in [-0.1, -0.05) is 39.5 Å². The van der Waals surface area contributed by atoms with E-state index >= 15 is 0 Å². The first-order valence-corrected chi connectivity index (χ1v) is 5.70. The lowest BCUT2D eigenvalue weighted by atomic mass is 10.1. The molecule has 13 heavy (non-hydrogen) atoms. The molecule has 1 aliphatic rings. The summed E-state index contributed by atoms with van der Waals surface area (Å²) in [5.41, 5.74) is 0. The van der Waals surface area contributed by atoms with Crippen LogP contribution in [0, 0.1) is 0 Å². The van der Waals surface area contributed by atoms with Crippen LogP contribution in [-0.2, 0) is 4.74 Å². The Balaban J connectivity index is 1.97. The van der Waals surface area contributed by atoms with Crippen LogP contribution in [0.15, 0.2) is 0 Å². The molecule has 0 saturated carbocycles. The quantitative estimate of drug-likeness (QED) is 0.590. The van der Waals surface area contributed by atoms with Crippen molar-refractivity contribution < 1.29 is 4.74 Å². The summed E-state index contributed by atoms with van der Waals surface area (Å²) < 4.78 is 5.66. The fourth-order valence-corrected chi connectivity index (χ4v) is 1.80. The van der Waals surface area contributed by atoms with E-state index in [2.05, 4.69) is 18.7 Å². The van der Waals surface area contributed by atoms with Gasteiger partial charge < -0.3 is 4.74 Å². The topological polar surface area (TPSA) is 12.5 Å². The second-order valence-electron chi connectivity index (χ2n) is 3.94. The molecule has 78 valence electrons. The Hall–Kier alpha value is -0.0800. The highest BCUT2D eigenvalue weighted by atomic mass is 16.5. The molecule has 0 aromatic heterocycles. The molecule has 0 aromatic rings. The van der Waals surface area contributed by atoms with E-state index in [1.165, 1.54) is 32.1 Å². The lowest BCUT2D eigenvalue weighted by molar-refractivity contribution is 0.0846. The normalized spacial score (nSPS) is 24.0. The SMILES string of the molecule is CCCCCCC1CN(CC)CO1. The smallest absolute Gasteiger partial charge is 0.0995 e. The van der Waals surface area contributed by atoms with E-state index in [1.54, 1.807) is 0 Å². The summed E-state index contributed by atoms with van der Waals surface area (Å²) in [6, 6.07) is 0. The van der Waals surface area contributed by atoms with Crippen molar-refractivity contribution in [1.82, 2.24) is 4.90 Å². The third-order valence-corrected chi connectivity index (χ3v) is 2.78. The van der Waals surface area contributed by atoms with Crippen molar-refractivity contribution in [1.29, 1.82) is 0 Å². The van der Waals surface area contributed by atoms with Gasteiger partial charge in [0.1, 0.15) is 0 Å². The maximum atomic E-state index is 5.66. The number of hydrogen-bond donors (Lipinski definition) is 0. The largest absolute Gasteiger partial charge is 0.362 e. The van der Waals surface area contributed by atoms with Crippen LogP contribution in [0.2, 0.25) is 0 Å². The van der Waals surface area contributed by atoms with Crippen LogP contribution in [0.3, 0.4) is 0 Å². The minimum Gasteiger partial charge on any atom is -0.362 e. The first kappa shape index (κ1) is 11.0. The molecule has 0 amide bonds. The number of rotatable bonds is 6. The number of unbranched alkanes of at least 4 members (excludes halogenated alkanes) is 3. The van der Waals surface area contributed by atoms with Gasteiger partial charge in [0.2, 0.25) is 0 Å². The summed E-state index contributed by atoms with van der Waals surface area (Å²) in [5.74, 6) is 0.